The van der Waals surface area contributed by atoms with Crippen LogP contribution < -0.4 is 10.6 Å². The van der Waals surface area contributed by atoms with Gasteiger partial charge in [-0.1, -0.05) is 18.9 Å². The standard InChI is InChI=1S/C13H18N2O2S/c16-12(15-10-4-1-2-5-10)7-8-14-13(17)11-6-3-9-18-11/h3,6,9-10H,1-2,4-5,7-8H2,(H,14,17)(H,15,16). The molecule has 4 nitrogen and oxygen atoms in total. The molecule has 0 bridgehead atoms. The zero-order chi connectivity index (χ0) is 12.8. The monoisotopic (exact) mass is 266 g/mol. The molecule has 0 atom stereocenters. The lowest BCUT2D eigenvalue weighted by Gasteiger charge is -2.11. The van der Waals surface area contributed by atoms with Gasteiger partial charge in [-0.15, -0.1) is 11.3 Å². The first-order valence-corrected chi connectivity index (χ1v) is 7.25. The van der Waals surface area contributed by atoms with Crippen LogP contribution >= 0.6 is 11.3 Å². The number of nitrogens with one attached hydrogen (secondary N) is 2. The van der Waals surface area contributed by atoms with E-state index in [2.05, 4.69) is 10.6 Å². The van der Waals surface area contributed by atoms with Gasteiger partial charge in [0.15, 0.2) is 0 Å². The predicted molar refractivity (Wildman–Crippen MR) is 71.7 cm³/mol. The second-order valence-electron chi connectivity index (χ2n) is 4.53. The Hall–Kier alpha value is -1.36. The fourth-order valence-electron chi connectivity index (χ4n) is 2.15. The first kappa shape index (κ1) is 13.1. The van der Waals surface area contributed by atoms with Crippen molar-refractivity contribution < 1.29 is 9.59 Å². The van der Waals surface area contributed by atoms with Crippen LogP contribution in [0.1, 0.15) is 41.8 Å². The molecular weight excluding hydrogens is 248 g/mol. The third-order valence-electron chi connectivity index (χ3n) is 3.10. The van der Waals surface area contributed by atoms with E-state index in [1.807, 2.05) is 11.4 Å². The van der Waals surface area contributed by atoms with Crippen molar-refractivity contribution in [2.75, 3.05) is 6.54 Å². The van der Waals surface area contributed by atoms with Gasteiger partial charge >= 0.3 is 0 Å². The largest absolute Gasteiger partial charge is 0.353 e. The van der Waals surface area contributed by atoms with Crippen molar-refractivity contribution in [2.24, 2.45) is 0 Å². The number of carbonyl (C=O) groups excluding carboxylic acids is 2. The molecule has 98 valence electrons. The van der Waals surface area contributed by atoms with E-state index in [0.717, 1.165) is 12.8 Å². The number of amides is 2. The zero-order valence-corrected chi connectivity index (χ0v) is 11.1. The Kier molecular flexibility index (Phi) is 4.75. The summed E-state index contributed by atoms with van der Waals surface area (Å²) >= 11 is 1.40. The summed E-state index contributed by atoms with van der Waals surface area (Å²) in [6.07, 6.45) is 4.95. The van der Waals surface area contributed by atoms with Crippen molar-refractivity contribution in [3.05, 3.63) is 22.4 Å². The van der Waals surface area contributed by atoms with Crippen LogP contribution in [0.5, 0.6) is 0 Å². The molecule has 1 aromatic rings. The Bertz CT molecular complexity index is 397. The quantitative estimate of drug-likeness (QED) is 0.855. The average Bonchev–Trinajstić information content (AvgIpc) is 3.00. The Morgan fingerprint density at radius 3 is 2.78 bits per heavy atom. The average molecular weight is 266 g/mol. The second-order valence-corrected chi connectivity index (χ2v) is 5.48. The maximum absolute atomic E-state index is 11.6. The van der Waals surface area contributed by atoms with Gasteiger partial charge in [0, 0.05) is 19.0 Å². The van der Waals surface area contributed by atoms with Crippen LogP contribution in [-0.2, 0) is 4.79 Å². The van der Waals surface area contributed by atoms with Gasteiger partial charge in [0.1, 0.15) is 0 Å². The molecule has 1 aliphatic rings. The van der Waals surface area contributed by atoms with E-state index in [1.54, 1.807) is 6.07 Å². The molecule has 1 heterocycles. The van der Waals surface area contributed by atoms with Gasteiger partial charge in [0.2, 0.25) is 5.91 Å². The van der Waals surface area contributed by atoms with Crippen LogP contribution in [0.3, 0.4) is 0 Å². The fourth-order valence-corrected chi connectivity index (χ4v) is 2.79. The molecule has 0 radical (unpaired) electrons. The number of carbonyl (C=O) groups is 2. The van der Waals surface area contributed by atoms with Crippen LogP contribution in [0.4, 0.5) is 0 Å². The minimum Gasteiger partial charge on any atom is -0.353 e. The zero-order valence-electron chi connectivity index (χ0n) is 10.3. The van der Waals surface area contributed by atoms with Crippen molar-refractivity contribution >= 4 is 23.2 Å². The molecule has 2 N–H and O–H groups in total. The van der Waals surface area contributed by atoms with Crippen LogP contribution in [-0.4, -0.2) is 24.4 Å². The minimum absolute atomic E-state index is 0.0355. The first-order chi connectivity index (χ1) is 8.75. The van der Waals surface area contributed by atoms with Crippen molar-refractivity contribution in [1.29, 1.82) is 0 Å². The lowest BCUT2D eigenvalue weighted by molar-refractivity contribution is -0.121. The summed E-state index contributed by atoms with van der Waals surface area (Å²) in [4.78, 5) is 23.9. The van der Waals surface area contributed by atoms with Gasteiger partial charge in [-0.3, -0.25) is 9.59 Å². The van der Waals surface area contributed by atoms with Gasteiger partial charge in [-0.25, -0.2) is 0 Å². The van der Waals surface area contributed by atoms with Crippen molar-refractivity contribution in [3.63, 3.8) is 0 Å². The van der Waals surface area contributed by atoms with E-state index in [9.17, 15) is 9.59 Å². The summed E-state index contributed by atoms with van der Waals surface area (Å²) in [5.74, 6) is -0.0629. The van der Waals surface area contributed by atoms with E-state index in [1.165, 1.54) is 24.2 Å². The highest BCUT2D eigenvalue weighted by molar-refractivity contribution is 7.12. The van der Waals surface area contributed by atoms with E-state index >= 15 is 0 Å². The van der Waals surface area contributed by atoms with Gasteiger partial charge in [-0.2, -0.15) is 0 Å². The smallest absolute Gasteiger partial charge is 0.261 e. The highest BCUT2D eigenvalue weighted by atomic mass is 32.1. The summed E-state index contributed by atoms with van der Waals surface area (Å²) in [7, 11) is 0. The molecule has 0 aromatic carbocycles. The number of hydrogen-bond acceptors (Lipinski definition) is 3. The number of rotatable bonds is 5. The predicted octanol–water partition coefficient (Wildman–Crippen LogP) is 1.93. The Morgan fingerprint density at radius 2 is 2.11 bits per heavy atom. The minimum atomic E-state index is -0.0985. The lowest BCUT2D eigenvalue weighted by Crippen LogP contribution is -2.35. The van der Waals surface area contributed by atoms with E-state index in [-0.39, 0.29) is 11.8 Å². The molecule has 1 saturated carbocycles. The van der Waals surface area contributed by atoms with Crippen molar-refractivity contribution in [1.82, 2.24) is 10.6 Å². The Balaban J connectivity index is 1.62. The molecule has 1 aromatic heterocycles. The van der Waals surface area contributed by atoms with Gasteiger partial charge in [-0.05, 0) is 24.3 Å². The molecule has 1 fully saturated rings. The number of thiophene rings is 1. The lowest BCUT2D eigenvalue weighted by atomic mass is 10.2. The third kappa shape index (κ3) is 3.84. The summed E-state index contributed by atoms with van der Waals surface area (Å²) in [5.41, 5.74) is 0. The second kappa shape index (κ2) is 6.54. The summed E-state index contributed by atoms with van der Waals surface area (Å²) in [5, 5.41) is 7.61. The molecule has 2 amide bonds. The third-order valence-corrected chi connectivity index (χ3v) is 3.97. The summed E-state index contributed by atoms with van der Waals surface area (Å²) < 4.78 is 0. The van der Waals surface area contributed by atoms with Crippen molar-refractivity contribution in [2.45, 2.75) is 38.1 Å². The van der Waals surface area contributed by atoms with Crippen LogP contribution in [0.25, 0.3) is 0 Å². The summed E-state index contributed by atoms with van der Waals surface area (Å²) in [6.45, 7) is 0.398. The molecule has 0 spiro atoms. The van der Waals surface area contributed by atoms with E-state index in [4.69, 9.17) is 0 Å². The van der Waals surface area contributed by atoms with Crippen LogP contribution in [0, 0.1) is 0 Å². The summed E-state index contributed by atoms with van der Waals surface area (Å²) in [6, 6.07) is 3.97. The topological polar surface area (TPSA) is 58.2 Å². The van der Waals surface area contributed by atoms with Gasteiger partial charge < -0.3 is 10.6 Å². The molecule has 2 rings (SSSR count). The van der Waals surface area contributed by atoms with Crippen LogP contribution in [0.2, 0.25) is 0 Å². The fraction of sp³-hybridized carbons (Fsp3) is 0.538. The van der Waals surface area contributed by atoms with Crippen LogP contribution in [0.15, 0.2) is 17.5 Å². The van der Waals surface area contributed by atoms with E-state index < -0.39 is 0 Å². The highest BCUT2D eigenvalue weighted by Gasteiger charge is 2.16. The van der Waals surface area contributed by atoms with Crippen molar-refractivity contribution in [3.8, 4) is 0 Å². The molecule has 0 aliphatic heterocycles. The molecule has 18 heavy (non-hydrogen) atoms. The molecule has 1 aliphatic carbocycles. The SMILES string of the molecule is O=C(CCNC(=O)c1cccs1)NC1CCCC1. The molecule has 0 unspecified atom stereocenters. The Morgan fingerprint density at radius 1 is 1.33 bits per heavy atom. The highest BCUT2D eigenvalue weighted by Crippen LogP contribution is 2.17. The molecular formula is C13H18N2O2S. The maximum Gasteiger partial charge on any atom is 0.261 e. The first-order valence-electron chi connectivity index (χ1n) is 6.37. The van der Waals surface area contributed by atoms with Gasteiger partial charge in [0.05, 0.1) is 4.88 Å². The molecule has 0 saturated heterocycles. The number of hydrogen-bond donors (Lipinski definition) is 2. The van der Waals surface area contributed by atoms with Gasteiger partial charge in [0.25, 0.3) is 5.91 Å². The maximum atomic E-state index is 11.6. The van der Waals surface area contributed by atoms with E-state index in [0.29, 0.717) is 23.9 Å². The normalized spacial score (nSPS) is 15.6. The molecule has 5 heteroatoms. The Labute approximate surface area is 111 Å².